The molecule has 2 rings (SSSR count). The van der Waals surface area contributed by atoms with E-state index in [0.29, 0.717) is 5.92 Å². The van der Waals surface area contributed by atoms with E-state index in [9.17, 15) is 4.79 Å². The second kappa shape index (κ2) is 7.58. The first kappa shape index (κ1) is 15.2. The molecule has 0 heterocycles. The lowest BCUT2D eigenvalue weighted by Crippen LogP contribution is -2.25. The number of Topliss-reactive ketones (excluding diaryl/α,β-unsaturated/α-hetero) is 1. The van der Waals surface area contributed by atoms with Gasteiger partial charge < -0.3 is 4.74 Å². The van der Waals surface area contributed by atoms with Crippen LogP contribution in [0.1, 0.15) is 61.9 Å². The molecule has 2 heteroatoms. The molecule has 1 saturated carbocycles. The maximum absolute atomic E-state index is 12.3. The van der Waals surface area contributed by atoms with E-state index >= 15 is 0 Å². The molecule has 1 aromatic rings. The SMILES string of the molecule is CCc1ccc(C(=O)C(C)OCC2CCCCC2)cc1. The van der Waals surface area contributed by atoms with Gasteiger partial charge in [0.25, 0.3) is 0 Å². The number of hydrogen-bond donors (Lipinski definition) is 0. The third-order valence-corrected chi connectivity index (χ3v) is 4.32. The van der Waals surface area contributed by atoms with Gasteiger partial charge in [-0.05, 0) is 37.7 Å². The highest BCUT2D eigenvalue weighted by molar-refractivity contribution is 5.99. The Balaban J connectivity index is 1.83. The van der Waals surface area contributed by atoms with Gasteiger partial charge >= 0.3 is 0 Å². The summed E-state index contributed by atoms with van der Waals surface area (Å²) in [4.78, 5) is 12.3. The van der Waals surface area contributed by atoms with E-state index in [2.05, 4.69) is 6.92 Å². The number of carbonyl (C=O) groups excluding carboxylic acids is 1. The lowest BCUT2D eigenvalue weighted by Gasteiger charge is -2.23. The summed E-state index contributed by atoms with van der Waals surface area (Å²) in [6.07, 6.45) is 7.17. The van der Waals surface area contributed by atoms with Crippen LogP contribution in [0.25, 0.3) is 0 Å². The van der Waals surface area contributed by atoms with Gasteiger partial charge in [-0.15, -0.1) is 0 Å². The molecule has 1 atom stereocenters. The highest BCUT2D eigenvalue weighted by atomic mass is 16.5. The molecule has 0 aliphatic heterocycles. The number of ether oxygens (including phenoxy) is 1. The molecule has 0 spiro atoms. The van der Waals surface area contributed by atoms with E-state index in [-0.39, 0.29) is 11.9 Å². The summed E-state index contributed by atoms with van der Waals surface area (Å²) in [5.74, 6) is 0.755. The van der Waals surface area contributed by atoms with Gasteiger partial charge in [0, 0.05) is 5.56 Å². The first-order valence-electron chi connectivity index (χ1n) is 7.95. The zero-order chi connectivity index (χ0) is 14.4. The average Bonchev–Trinajstić information content (AvgIpc) is 2.53. The van der Waals surface area contributed by atoms with Crippen molar-refractivity contribution in [2.45, 2.75) is 58.5 Å². The molecule has 0 amide bonds. The lowest BCUT2D eigenvalue weighted by molar-refractivity contribution is 0.0286. The minimum Gasteiger partial charge on any atom is -0.370 e. The first-order valence-corrected chi connectivity index (χ1v) is 7.95. The number of benzene rings is 1. The fourth-order valence-corrected chi connectivity index (χ4v) is 2.85. The van der Waals surface area contributed by atoms with Crippen LogP contribution in [0.3, 0.4) is 0 Å². The predicted octanol–water partition coefficient (Wildman–Crippen LogP) is 4.42. The van der Waals surface area contributed by atoms with Gasteiger partial charge in [-0.2, -0.15) is 0 Å². The normalized spacial score (nSPS) is 17.9. The number of rotatable bonds is 6. The van der Waals surface area contributed by atoms with E-state index in [0.717, 1.165) is 18.6 Å². The monoisotopic (exact) mass is 274 g/mol. The van der Waals surface area contributed by atoms with E-state index in [1.807, 2.05) is 31.2 Å². The summed E-state index contributed by atoms with van der Waals surface area (Å²) < 4.78 is 5.80. The molecule has 0 bridgehead atoms. The van der Waals surface area contributed by atoms with E-state index in [1.165, 1.54) is 37.7 Å². The van der Waals surface area contributed by atoms with Crippen LogP contribution in [0.4, 0.5) is 0 Å². The van der Waals surface area contributed by atoms with Crippen molar-refractivity contribution in [1.29, 1.82) is 0 Å². The van der Waals surface area contributed by atoms with Crippen molar-refractivity contribution < 1.29 is 9.53 Å². The zero-order valence-electron chi connectivity index (χ0n) is 12.7. The number of carbonyl (C=O) groups is 1. The third-order valence-electron chi connectivity index (χ3n) is 4.32. The topological polar surface area (TPSA) is 26.3 Å². The van der Waals surface area contributed by atoms with Crippen molar-refractivity contribution in [1.82, 2.24) is 0 Å². The van der Waals surface area contributed by atoms with Crippen molar-refractivity contribution in [2.24, 2.45) is 5.92 Å². The van der Waals surface area contributed by atoms with Crippen LogP contribution < -0.4 is 0 Å². The fourth-order valence-electron chi connectivity index (χ4n) is 2.85. The molecular weight excluding hydrogens is 248 g/mol. The van der Waals surface area contributed by atoms with Crippen LogP contribution in [-0.2, 0) is 11.2 Å². The molecule has 0 N–H and O–H groups in total. The van der Waals surface area contributed by atoms with E-state index in [4.69, 9.17) is 4.74 Å². The Labute approximate surface area is 122 Å². The van der Waals surface area contributed by atoms with Gasteiger partial charge in [-0.25, -0.2) is 0 Å². The van der Waals surface area contributed by atoms with Gasteiger partial charge in [0.1, 0.15) is 6.10 Å². The van der Waals surface area contributed by atoms with Crippen LogP contribution in [-0.4, -0.2) is 18.5 Å². The van der Waals surface area contributed by atoms with Gasteiger partial charge in [0.05, 0.1) is 6.61 Å². The second-order valence-corrected chi connectivity index (χ2v) is 5.89. The van der Waals surface area contributed by atoms with Crippen LogP contribution >= 0.6 is 0 Å². The Morgan fingerprint density at radius 3 is 2.45 bits per heavy atom. The summed E-state index contributed by atoms with van der Waals surface area (Å²) in [7, 11) is 0. The highest BCUT2D eigenvalue weighted by Gasteiger charge is 2.19. The first-order chi connectivity index (χ1) is 9.70. The molecule has 1 aliphatic carbocycles. The fraction of sp³-hybridized carbons (Fsp3) is 0.611. The largest absolute Gasteiger partial charge is 0.370 e. The van der Waals surface area contributed by atoms with Crippen molar-refractivity contribution >= 4 is 5.78 Å². The maximum atomic E-state index is 12.3. The standard InChI is InChI=1S/C18H26O2/c1-3-15-9-11-17(12-10-15)18(19)14(2)20-13-16-7-5-4-6-8-16/h9-12,14,16H,3-8,13H2,1-2H3. The Morgan fingerprint density at radius 2 is 1.85 bits per heavy atom. The van der Waals surface area contributed by atoms with Crippen LogP contribution in [0.15, 0.2) is 24.3 Å². The highest BCUT2D eigenvalue weighted by Crippen LogP contribution is 2.24. The van der Waals surface area contributed by atoms with Gasteiger partial charge in [0.2, 0.25) is 0 Å². The van der Waals surface area contributed by atoms with E-state index in [1.54, 1.807) is 0 Å². The van der Waals surface area contributed by atoms with Crippen molar-refractivity contribution in [3.05, 3.63) is 35.4 Å². The Hall–Kier alpha value is -1.15. The van der Waals surface area contributed by atoms with Gasteiger partial charge in [-0.1, -0.05) is 50.5 Å². The number of hydrogen-bond acceptors (Lipinski definition) is 2. The smallest absolute Gasteiger partial charge is 0.191 e. The molecule has 1 aliphatic rings. The molecule has 0 aromatic heterocycles. The number of ketones is 1. The summed E-state index contributed by atoms with van der Waals surface area (Å²) in [5.41, 5.74) is 2.02. The molecule has 20 heavy (non-hydrogen) atoms. The molecule has 1 aromatic carbocycles. The predicted molar refractivity (Wildman–Crippen MR) is 82.1 cm³/mol. The molecule has 1 fully saturated rings. The van der Waals surface area contributed by atoms with Crippen LogP contribution in [0.5, 0.6) is 0 Å². The quantitative estimate of drug-likeness (QED) is 0.718. The van der Waals surface area contributed by atoms with E-state index < -0.39 is 0 Å². The molecule has 0 saturated heterocycles. The summed E-state index contributed by atoms with van der Waals surface area (Å²) >= 11 is 0. The van der Waals surface area contributed by atoms with Crippen LogP contribution in [0.2, 0.25) is 0 Å². The van der Waals surface area contributed by atoms with Crippen molar-refractivity contribution in [3.8, 4) is 0 Å². The summed E-state index contributed by atoms with van der Waals surface area (Å²) in [5, 5.41) is 0. The van der Waals surface area contributed by atoms with Crippen molar-refractivity contribution in [2.75, 3.05) is 6.61 Å². The Bertz CT molecular complexity index is 416. The minimum atomic E-state index is -0.329. The molecule has 0 radical (unpaired) electrons. The zero-order valence-corrected chi connectivity index (χ0v) is 12.7. The Morgan fingerprint density at radius 1 is 1.20 bits per heavy atom. The summed E-state index contributed by atoms with van der Waals surface area (Å²) in [6, 6.07) is 7.89. The minimum absolute atomic E-state index is 0.100. The molecule has 2 nitrogen and oxygen atoms in total. The molecule has 110 valence electrons. The average molecular weight is 274 g/mol. The molecule has 1 unspecified atom stereocenters. The summed E-state index contributed by atoms with van der Waals surface area (Å²) in [6.45, 7) is 4.73. The van der Waals surface area contributed by atoms with Gasteiger partial charge in [0.15, 0.2) is 5.78 Å². The Kier molecular flexibility index (Phi) is 5.78. The van der Waals surface area contributed by atoms with Crippen molar-refractivity contribution in [3.63, 3.8) is 0 Å². The maximum Gasteiger partial charge on any atom is 0.191 e. The van der Waals surface area contributed by atoms with Gasteiger partial charge in [-0.3, -0.25) is 4.79 Å². The third kappa shape index (κ3) is 4.17. The molecular formula is C18H26O2. The van der Waals surface area contributed by atoms with Crippen LogP contribution in [0, 0.1) is 5.92 Å². The lowest BCUT2D eigenvalue weighted by atomic mass is 9.90. The second-order valence-electron chi connectivity index (χ2n) is 5.89. The number of aryl methyl sites for hydroxylation is 1.